The van der Waals surface area contributed by atoms with Crippen molar-refractivity contribution < 1.29 is 22.7 Å². The summed E-state index contributed by atoms with van der Waals surface area (Å²) in [7, 11) is 0. The number of amides is 1. The Kier molecular flexibility index (Phi) is 4.08. The summed E-state index contributed by atoms with van der Waals surface area (Å²) >= 11 is 0. The Labute approximate surface area is 130 Å². The summed E-state index contributed by atoms with van der Waals surface area (Å²) in [4.78, 5) is 12.1. The molecule has 0 radical (unpaired) electrons. The summed E-state index contributed by atoms with van der Waals surface area (Å²) in [6, 6.07) is 4.20. The maximum absolute atomic E-state index is 12.5. The first kappa shape index (κ1) is 15.5. The van der Waals surface area contributed by atoms with Crippen molar-refractivity contribution in [3.05, 3.63) is 47.8 Å². The summed E-state index contributed by atoms with van der Waals surface area (Å²) < 4.78 is 44.5. The number of nitrogens with zero attached hydrogens (tertiary/aromatic N) is 2. The summed E-state index contributed by atoms with van der Waals surface area (Å²) in [6.07, 6.45) is -0.380. The highest BCUT2D eigenvalue weighted by Crippen LogP contribution is 2.29. The van der Waals surface area contributed by atoms with E-state index in [1.165, 1.54) is 6.20 Å². The Bertz CT molecular complexity index is 689. The van der Waals surface area contributed by atoms with Crippen LogP contribution >= 0.6 is 0 Å². The standard InChI is InChI=1S/C15H14F3N3O2/c16-15(17,18)11-3-1-10(2-4-11)14(22)20-12-7-19-21(8-12)13-5-6-23-9-13/h1-4,7-8,13H,5-6,9H2,(H,20,22)/t13-/m1/s1. The lowest BCUT2D eigenvalue weighted by atomic mass is 10.1. The number of rotatable bonds is 3. The third-order valence-corrected chi connectivity index (χ3v) is 3.61. The van der Waals surface area contributed by atoms with Crippen molar-refractivity contribution in [2.24, 2.45) is 0 Å². The van der Waals surface area contributed by atoms with E-state index < -0.39 is 17.6 Å². The van der Waals surface area contributed by atoms with Gasteiger partial charge in [-0.05, 0) is 30.7 Å². The second-order valence-corrected chi connectivity index (χ2v) is 5.26. The van der Waals surface area contributed by atoms with Crippen LogP contribution in [-0.2, 0) is 10.9 Å². The largest absolute Gasteiger partial charge is 0.416 e. The van der Waals surface area contributed by atoms with Crippen molar-refractivity contribution >= 4 is 11.6 Å². The van der Waals surface area contributed by atoms with E-state index in [0.29, 0.717) is 18.9 Å². The molecule has 3 rings (SSSR count). The number of carbonyl (C=O) groups excluding carboxylic acids is 1. The minimum Gasteiger partial charge on any atom is -0.379 e. The number of carbonyl (C=O) groups is 1. The molecule has 1 aliphatic heterocycles. The van der Waals surface area contributed by atoms with E-state index in [-0.39, 0.29) is 11.6 Å². The molecule has 1 aromatic carbocycles. The first-order chi connectivity index (χ1) is 10.9. The lowest BCUT2D eigenvalue weighted by molar-refractivity contribution is -0.137. The van der Waals surface area contributed by atoms with Crippen LogP contribution < -0.4 is 5.32 Å². The van der Waals surface area contributed by atoms with E-state index in [9.17, 15) is 18.0 Å². The Morgan fingerprint density at radius 1 is 1.30 bits per heavy atom. The van der Waals surface area contributed by atoms with Gasteiger partial charge < -0.3 is 10.1 Å². The average Bonchev–Trinajstić information content (AvgIpc) is 3.17. The zero-order chi connectivity index (χ0) is 16.4. The third kappa shape index (κ3) is 3.53. The summed E-state index contributed by atoms with van der Waals surface area (Å²) in [6.45, 7) is 1.26. The number of ether oxygens (including phenoxy) is 1. The van der Waals surface area contributed by atoms with E-state index in [4.69, 9.17) is 4.74 Å². The van der Waals surface area contributed by atoms with Crippen molar-refractivity contribution in [3.63, 3.8) is 0 Å². The smallest absolute Gasteiger partial charge is 0.379 e. The lowest BCUT2D eigenvalue weighted by Crippen LogP contribution is -2.13. The molecule has 1 fully saturated rings. The lowest BCUT2D eigenvalue weighted by Gasteiger charge is -2.08. The van der Waals surface area contributed by atoms with Gasteiger partial charge in [0.05, 0.1) is 30.1 Å². The molecule has 1 saturated heterocycles. The van der Waals surface area contributed by atoms with E-state index in [2.05, 4.69) is 10.4 Å². The zero-order valence-corrected chi connectivity index (χ0v) is 12.0. The van der Waals surface area contributed by atoms with Crippen molar-refractivity contribution in [2.45, 2.75) is 18.6 Å². The van der Waals surface area contributed by atoms with Gasteiger partial charge in [0.2, 0.25) is 0 Å². The quantitative estimate of drug-likeness (QED) is 0.943. The SMILES string of the molecule is O=C(Nc1cnn([C@@H]2CCOC2)c1)c1ccc(C(F)(F)F)cc1. The van der Waals surface area contributed by atoms with Crippen molar-refractivity contribution in [2.75, 3.05) is 18.5 Å². The van der Waals surface area contributed by atoms with Crippen LogP contribution in [0.25, 0.3) is 0 Å². The number of nitrogens with one attached hydrogen (secondary N) is 1. The van der Waals surface area contributed by atoms with E-state index in [1.807, 2.05) is 0 Å². The number of benzene rings is 1. The summed E-state index contributed by atoms with van der Waals surface area (Å²) in [5, 5.41) is 6.78. The Balaban J connectivity index is 1.67. The monoisotopic (exact) mass is 325 g/mol. The molecular weight excluding hydrogens is 311 g/mol. The van der Waals surface area contributed by atoms with Crippen LogP contribution in [0.4, 0.5) is 18.9 Å². The van der Waals surface area contributed by atoms with Crippen molar-refractivity contribution in [1.29, 1.82) is 0 Å². The predicted molar refractivity (Wildman–Crippen MR) is 76.1 cm³/mol. The van der Waals surface area contributed by atoms with Gasteiger partial charge in [-0.15, -0.1) is 0 Å². The van der Waals surface area contributed by atoms with Gasteiger partial charge in [-0.1, -0.05) is 0 Å². The molecule has 1 N–H and O–H groups in total. The Morgan fingerprint density at radius 3 is 2.65 bits per heavy atom. The number of hydrogen-bond donors (Lipinski definition) is 1. The van der Waals surface area contributed by atoms with Gasteiger partial charge in [-0.3, -0.25) is 9.48 Å². The fourth-order valence-corrected chi connectivity index (χ4v) is 2.35. The molecule has 0 saturated carbocycles. The normalized spacial score (nSPS) is 18.1. The third-order valence-electron chi connectivity index (χ3n) is 3.61. The molecule has 0 aliphatic carbocycles. The summed E-state index contributed by atoms with van der Waals surface area (Å²) in [5.41, 5.74) is -0.153. The van der Waals surface area contributed by atoms with Crippen LogP contribution in [0.2, 0.25) is 0 Å². The molecule has 1 amide bonds. The molecular formula is C15H14F3N3O2. The number of halogens is 3. The van der Waals surface area contributed by atoms with Crippen LogP contribution in [0.1, 0.15) is 28.4 Å². The van der Waals surface area contributed by atoms with Crippen LogP contribution in [0.15, 0.2) is 36.7 Å². The van der Waals surface area contributed by atoms with Gasteiger partial charge in [-0.2, -0.15) is 18.3 Å². The summed E-state index contributed by atoms with van der Waals surface area (Å²) in [5.74, 6) is -0.485. The minimum atomic E-state index is -4.42. The Hall–Kier alpha value is -2.35. The van der Waals surface area contributed by atoms with Crippen LogP contribution in [0.5, 0.6) is 0 Å². The highest BCUT2D eigenvalue weighted by atomic mass is 19.4. The topological polar surface area (TPSA) is 56.2 Å². The van der Waals surface area contributed by atoms with E-state index in [1.54, 1.807) is 10.9 Å². The van der Waals surface area contributed by atoms with Gasteiger partial charge in [0.1, 0.15) is 0 Å². The second kappa shape index (κ2) is 6.04. The van der Waals surface area contributed by atoms with Gasteiger partial charge in [-0.25, -0.2) is 0 Å². The van der Waals surface area contributed by atoms with Crippen molar-refractivity contribution in [1.82, 2.24) is 9.78 Å². The molecule has 1 aliphatic rings. The molecule has 5 nitrogen and oxygen atoms in total. The average molecular weight is 325 g/mol. The molecule has 23 heavy (non-hydrogen) atoms. The first-order valence-electron chi connectivity index (χ1n) is 7.04. The molecule has 2 aromatic rings. The second-order valence-electron chi connectivity index (χ2n) is 5.26. The maximum Gasteiger partial charge on any atom is 0.416 e. The fraction of sp³-hybridized carbons (Fsp3) is 0.333. The van der Waals surface area contributed by atoms with E-state index >= 15 is 0 Å². The molecule has 8 heteroatoms. The van der Waals surface area contributed by atoms with Gasteiger partial charge in [0, 0.05) is 18.4 Å². The van der Waals surface area contributed by atoms with Gasteiger partial charge in [0.15, 0.2) is 0 Å². The first-order valence-corrected chi connectivity index (χ1v) is 7.04. The molecule has 122 valence electrons. The molecule has 1 atom stereocenters. The van der Waals surface area contributed by atoms with Crippen LogP contribution in [0, 0.1) is 0 Å². The van der Waals surface area contributed by atoms with E-state index in [0.717, 1.165) is 30.7 Å². The molecule has 0 unspecified atom stereocenters. The number of aromatic nitrogens is 2. The zero-order valence-electron chi connectivity index (χ0n) is 12.0. The molecule has 2 heterocycles. The number of anilines is 1. The maximum atomic E-state index is 12.5. The predicted octanol–water partition coefficient (Wildman–Crippen LogP) is 3.12. The number of alkyl halides is 3. The molecule has 0 bridgehead atoms. The van der Waals surface area contributed by atoms with Gasteiger partial charge >= 0.3 is 6.18 Å². The van der Waals surface area contributed by atoms with Crippen molar-refractivity contribution in [3.8, 4) is 0 Å². The fourth-order valence-electron chi connectivity index (χ4n) is 2.35. The minimum absolute atomic E-state index is 0.145. The highest BCUT2D eigenvalue weighted by Gasteiger charge is 2.30. The number of hydrogen-bond acceptors (Lipinski definition) is 3. The van der Waals surface area contributed by atoms with Gasteiger partial charge in [0.25, 0.3) is 5.91 Å². The Morgan fingerprint density at radius 2 is 2.04 bits per heavy atom. The molecule has 1 aromatic heterocycles. The van der Waals surface area contributed by atoms with Crippen LogP contribution in [-0.4, -0.2) is 28.9 Å². The van der Waals surface area contributed by atoms with Crippen LogP contribution in [0.3, 0.4) is 0 Å². The molecule has 0 spiro atoms. The highest BCUT2D eigenvalue weighted by molar-refractivity contribution is 6.04.